The Bertz CT molecular complexity index is 1060. The number of hydrogen-bond acceptors (Lipinski definition) is 4. The van der Waals surface area contributed by atoms with Gasteiger partial charge in [-0.15, -0.1) is 0 Å². The van der Waals surface area contributed by atoms with Crippen molar-refractivity contribution in [3.8, 4) is 5.69 Å². The molecule has 1 amide bonds. The summed E-state index contributed by atoms with van der Waals surface area (Å²) in [5.74, 6) is -0.543. The van der Waals surface area contributed by atoms with Crippen LogP contribution in [0.2, 0.25) is 0 Å². The fourth-order valence-corrected chi connectivity index (χ4v) is 4.00. The molecule has 7 heteroatoms. The number of rotatable bonds is 4. The van der Waals surface area contributed by atoms with Crippen molar-refractivity contribution in [3.63, 3.8) is 0 Å². The number of amides is 1. The Morgan fingerprint density at radius 3 is 2.55 bits per heavy atom. The minimum atomic E-state index is -0.464. The number of halogens is 1. The van der Waals surface area contributed by atoms with Gasteiger partial charge in [0.15, 0.2) is 5.69 Å². The van der Waals surface area contributed by atoms with Gasteiger partial charge in [0.2, 0.25) is 0 Å². The number of ether oxygens (including phenoxy) is 1. The first-order valence-corrected chi connectivity index (χ1v) is 10.3. The van der Waals surface area contributed by atoms with Gasteiger partial charge in [-0.1, -0.05) is 30.3 Å². The minimum Gasteiger partial charge on any atom is -0.461 e. The van der Waals surface area contributed by atoms with Crippen molar-refractivity contribution >= 4 is 27.8 Å². The van der Waals surface area contributed by atoms with E-state index >= 15 is 0 Å². The van der Waals surface area contributed by atoms with Crippen molar-refractivity contribution in [2.45, 2.75) is 19.9 Å². The summed E-state index contributed by atoms with van der Waals surface area (Å²) in [6.07, 6.45) is 0.604. The zero-order chi connectivity index (χ0) is 20.4. The topological polar surface area (TPSA) is 64.4 Å². The standard InChI is InChI=1S/C22H20BrN3O3/c1-2-29-22(28)20-17-14-25(21(27)16-10-6-7-11-18(16)23)13-12-19(17)26(24-20)15-8-4-3-5-9-15/h3-11H,2,12-14H2,1H3. The van der Waals surface area contributed by atoms with Gasteiger partial charge in [-0.25, -0.2) is 9.48 Å². The van der Waals surface area contributed by atoms with Crippen molar-refractivity contribution in [2.24, 2.45) is 0 Å². The SMILES string of the molecule is CCOC(=O)c1nn(-c2ccccc2)c2c1CN(C(=O)c1ccccc1Br)CC2. The second-order valence-electron chi connectivity index (χ2n) is 6.70. The van der Waals surface area contributed by atoms with E-state index in [0.29, 0.717) is 25.1 Å². The quantitative estimate of drug-likeness (QED) is 0.559. The first kappa shape index (κ1) is 19.4. The third-order valence-corrected chi connectivity index (χ3v) is 5.61. The Kier molecular flexibility index (Phi) is 5.49. The Labute approximate surface area is 177 Å². The second kappa shape index (κ2) is 8.21. The smallest absolute Gasteiger partial charge is 0.359 e. The Morgan fingerprint density at radius 1 is 1.10 bits per heavy atom. The fourth-order valence-electron chi connectivity index (χ4n) is 3.54. The first-order valence-electron chi connectivity index (χ1n) is 9.47. The molecule has 148 valence electrons. The average molecular weight is 454 g/mol. The summed E-state index contributed by atoms with van der Waals surface area (Å²) < 4.78 is 7.76. The average Bonchev–Trinajstić information content (AvgIpc) is 3.13. The number of fused-ring (bicyclic) bond motifs is 1. The van der Waals surface area contributed by atoms with Gasteiger partial charge in [0.05, 0.1) is 30.1 Å². The third kappa shape index (κ3) is 3.70. The lowest BCUT2D eigenvalue weighted by molar-refractivity contribution is 0.0513. The number of para-hydroxylation sites is 1. The molecule has 1 aromatic heterocycles. The zero-order valence-electron chi connectivity index (χ0n) is 16.0. The van der Waals surface area contributed by atoms with Gasteiger partial charge in [-0.3, -0.25) is 4.79 Å². The van der Waals surface area contributed by atoms with Crippen LogP contribution in [-0.4, -0.2) is 39.7 Å². The molecule has 2 heterocycles. The summed E-state index contributed by atoms with van der Waals surface area (Å²) in [5.41, 5.74) is 3.44. The van der Waals surface area contributed by atoms with E-state index < -0.39 is 5.97 Å². The van der Waals surface area contributed by atoms with E-state index in [1.807, 2.05) is 48.5 Å². The van der Waals surface area contributed by atoms with Crippen LogP contribution in [0.15, 0.2) is 59.1 Å². The molecule has 0 unspecified atom stereocenters. The number of benzene rings is 2. The normalized spacial score (nSPS) is 13.1. The summed E-state index contributed by atoms with van der Waals surface area (Å²) in [4.78, 5) is 27.4. The van der Waals surface area contributed by atoms with Crippen molar-refractivity contribution < 1.29 is 14.3 Å². The lowest BCUT2D eigenvalue weighted by Crippen LogP contribution is -2.37. The maximum atomic E-state index is 13.1. The van der Waals surface area contributed by atoms with Crippen molar-refractivity contribution in [1.29, 1.82) is 0 Å². The molecular weight excluding hydrogens is 434 g/mol. The number of esters is 1. The number of nitrogens with zero attached hydrogens (tertiary/aromatic N) is 3. The number of carbonyl (C=O) groups excluding carboxylic acids is 2. The van der Waals surface area contributed by atoms with Gasteiger partial charge in [0.25, 0.3) is 5.91 Å². The van der Waals surface area contributed by atoms with E-state index in [2.05, 4.69) is 21.0 Å². The molecule has 0 N–H and O–H groups in total. The molecule has 6 nitrogen and oxygen atoms in total. The summed E-state index contributed by atoms with van der Waals surface area (Å²) in [6, 6.07) is 17.0. The fraction of sp³-hybridized carbons (Fsp3) is 0.227. The highest BCUT2D eigenvalue weighted by Crippen LogP contribution is 2.28. The molecule has 0 fully saturated rings. The van der Waals surface area contributed by atoms with Gasteiger partial charge >= 0.3 is 5.97 Å². The highest BCUT2D eigenvalue weighted by atomic mass is 79.9. The van der Waals surface area contributed by atoms with Crippen LogP contribution >= 0.6 is 15.9 Å². The largest absolute Gasteiger partial charge is 0.461 e. The molecule has 0 atom stereocenters. The lowest BCUT2D eigenvalue weighted by atomic mass is 10.0. The molecule has 2 aromatic carbocycles. The van der Waals surface area contributed by atoms with Gasteiger partial charge < -0.3 is 9.64 Å². The van der Waals surface area contributed by atoms with Crippen LogP contribution in [0.5, 0.6) is 0 Å². The van der Waals surface area contributed by atoms with Crippen LogP contribution in [0.25, 0.3) is 5.69 Å². The molecule has 3 aromatic rings. The summed E-state index contributed by atoms with van der Waals surface area (Å²) in [7, 11) is 0. The third-order valence-electron chi connectivity index (χ3n) is 4.92. The molecule has 0 radical (unpaired) electrons. The van der Waals surface area contributed by atoms with Crippen LogP contribution in [0, 0.1) is 0 Å². The van der Waals surface area contributed by atoms with Crippen molar-refractivity contribution in [2.75, 3.05) is 13.2 Å². The number of aromatic nitrogens is 2. The van der Waals surface area contributed by atoms with E-state index in [1.54, 1.807) is 22.6 Å². The predicted octanol–water partition coefficient (Wildman–Crippen LogP) is 4.01. The van der Waals surface area contributed by atoms with Crippen LogP contribution in [-0.2, 0) is 17.7 Å². The van der Waals surface area contributed by atoms with Gasteiger partial charge in [-0.2, -0.15) is 5.10 Å². The monoisotopic (exact) mass is 453 g/mol. The Hall–Kier alpha value is -2.93. The van der Waals surface area contributed by atoms with Crippen molar-refractivity contribution in [1.82, 2.24) is 14.7 Å². The molecule has 1 aliphatic heterocycles. The molecule has 0 saturated heterocycles. The first-order chi connectivity index (χ1) is 14.1. The second-order valence-corrected chi connectivity index (χ2v) is 7.55. The molecule has 1 aliphatic rings. The van der Waals surface area contributed by atoms with Gasteiger partial charge in [0.1, 0.15) is 0 Å². The maximum Gasteiger partial charge on any atom is 0.359 e. The maximum absolute atomic E-state index is 13.1. The Balaban J connectivity index is 1.73. The summed E-state index contributed by atoms with van der Waals surface area (Å²) >= 11 is 3.45. The van der Waals surface area contributed by atoms with Crippen LogP contribution in [0.1, 0.15) is 39.0 Å². The van der Waals surface area contributed by atoms with E-state index in [0.717, 1.165) is 21.4 Å². The van der Waals surface area contributed by atoms with Crippen LogP contribution in [0.4, 0.5) is 0 Å². The zero-order valence-corrected chi connectivity index (χ0v) is 17.6. The van der Waals surface area contributed by atoms with Gasteiger partial charge in [0, 0.05) is 23.0 Å². The highest BCUT2D eigenvalue weighted by molar-refractivity contribution is 9.10. The van der Waals surface area contributed by atoms with E-state index in [9.17, 15) is 9.59 Å². The van der Waals surface area contributed by atoms with Crippen LogP contribution in [0.3, 0.4) is 0 Å². The highest BCUT2D eigenvalue weighted by Gasteiger charge is 2.31. The molecule has 0 bridgehead atoms. The molecule has 0 spiro atoms. The van der Waals surface area contributed by atoms with E-state index in [-0.39, 0.29) is 18.2 Å². The molecule has 29 heavy (non-hydrogen) atoms. The summed E-state index contributed by atoms with van der Waals surface area (Å²) in [6.45, 7) is 2.90. The minimum absolute atomic E-state index is 0.0783. The van der Waals surface area contributed by atoms with Crippen molar-refractivity contribution in [3.05, 3.63) is 81.6 Å². The predicted molar refractivity (Wildman–Crippen MR) is 112 cm³/mol. The molecule has 4 rings (SSSR count). The molecule has 0 aliphatic carbocycles. The van der Waals surface area contributed by atoms with E-state index in [4.69, 9.17) is 4.74 Å². The molecule has 0 saturated carbocycles. The van der Waals surface area contributed by atoms with Crippen LogP contribution < -0.4 is 0 Å². The molecular formula is C22H20BrN3O3. The lowest BCUT2D eigenvalue weighted by Gasteiger charge is -2.28. The number of carbonyl (C=O) groups is 2. The number of hydrogen-bond donors (Lipinski definition) is 0. The van der Waals surface area contributed by atoms with E-state index in [1.165, 1.54) is 0 Å². The Morgan fingerprint density at radius 2 is 1.83 bits per heavy atom. The van der Waals surface area contributed by atoms with Gasteiger partial charge in [-0.05, 0) is 47.1 Å². The summed E-state index contributed by atoms with van der Waals surface area (Å²) in [5, 5.41) is 4.56.